The van der Waals surface area contributed by atoms with Crippen molar-refractivity contribution in [1.29, 1.82) is 0 Å². The lowest BCUT2D eigenvalue weighted by Crippen LogP contribution is -2.19. The van der Waals surface area contributed by atoms with Gasteiger partial charge < -0.3 is 10.6 Å². The minimum absolute atomic E-state index is 0.192. The number of halogens is 3. The fraction of sp³-hybridized carbons (Fsp3) is 0. The summed E-state index contributed by atoms with van der Waals surface area (Å²) in [6.45, 7) is 0. The van der Waals surface area contributed by atoms with Crippen molar-refractivity contribution in [2.45, 2.75) is 0 Å². The topological polar surface area (TPSA) is 24.1 Å². The Bertz CT molecular complexity index is 599. The molecule has 0 aliphatic carbocycles. The second-order valence-electron chi connectivity index (χ2n) is 3.71. The molecule has 0 atom stereocenters. The molecule has 0 aliphatic rings. The van der Waals surface area contributed by atoms with Crippen LogP contribution in [0, 0.1) is 17.5 Å². The third-order valence-corrected chi connectivity index (χ3v) is 2.48. The molecule has 2 rings (SSSR count). The first kappa shape index (κ1) is 13.4. The Kier molecular flexibility index (Phi) is 4.01. The molecule has 0 amide bonds. The van der Waals surface area contributed by atoms with E-state index in [9.17, 15) is 13.2 Å². The molecule has 0 aliphatic heterocycles. The Morgan fingerprint density at radius 2 is 1.37 bits per heavy atom. The zero-order valence-corrected chi connectivity index (χ0v) is 10.4. The molecule has 98 valence electrons. The van der Waals surface area contributed by atoms with Crippen molar-refractivity contribution in [3.63, 3.8) is 0 Å². The summed E-state index contributed by atoms with van der Waals surface area (Å²) in [7, 11) is 0. The first-order valence-electron chi connectivity index (χ1n) is 5.33. The highest BCUT2D eigenvalue weighted by Crippen LogP contribution is 2.14. The second-order valence-corrected chi connectivity index (χ2v) is 4.12. The fourth-order valence-corrected chi connectivity index (χ4v) is 1.64. The Labute approximate surface area is 113 Å². The lowest BCUT2D eigenvalue weighted by Gasteiger charge is -2.10. The van der Waals surface area contributed by atoms with E-state index in [1.165, 1.54) is 30.3 Å². The zero-order chi connectivity index (χ0) is 13.8. The molecule has 0 fully saturated rings. The van der Waals surface area contributed by atoms with Gasteiger partial charge in [0.25, 0.3) is 0 Å². The Hall–Kier alpha value is -2.08. The first-order chi connectivity index (χ1) is 9.04. The van der Waals surface area contributed by atoms with Crippen LogP contribution in [0.25, 0.3) is 0 Å². The Morgan fingerprint density at radius 1 is 0.789 bits per heavy atom. The zero-order valence-electron chi connectivity index (χ0n) is 9.58. The van der Waals surface area contributed by atoms with E-state index in [0.29, 0.717) is 11.4 Å². The maximum absolute atomic E-state index is 13.0. The van der Waals surface area contributed by atoms with Crippen LogP contribution in [0.5, 0.6) is 0 Å². The molecule has 2 aromatic rings. The van der Waals surface area contributed by atoms with Crippen LogP contribution in [0.1, 0.15) is 0 Å². The molecule has 0 unspecified atom stereocenters. The summed E-state index contributed by atoms with van der Waals surface area (Å²) >= 11 is 4.99. The van der Waals surface area contributed by atoms with Crippen LogP contribution >= 0.6 is 12.2 Å². The molecule has 2 N–H and O–H groups in total. The Balaban J connectivity index is 2.01. The van der Waals surface area contributed by atoms with E-state index in [1.54, 1.807) is 0 Å². The lowest BCUT2D eigenvalue weighted by atomic mass is 10.3. The third-order valence-electron chi connectivity index (χ3n) is 2.28. The molecule has 2 aromatic carbocycles. The third kappa shape index (κ3) is 3.69. The normalized spacial score (nSPS) is 10.1. The van der Waals surface area contributed by atoms with Gasteiger partial charge >= 0.3 is 0 Å². The molecule has 0 aromatic heterocycles. The van der Waals surface area contributed by atoms with Crippen molar-refractivity contribution < 1.29 is 13.2 Å². The molecule has 19 heavy (non-hydrogen) atoms. The van der Waals surface area contributed by atoms with Gasteiger partial charge in [-0.2, -0.15) is 0 Å². The smallest absolute Gasteiger partial charge is 0.175 e. The quantitative estimate of drug-likeness (QED) is 0.817. The predicted octanol–water partition coefficient (Wildman–Crippen LogP) is 3.91. The fourth-order valence-electron chi connectivity index (χ4n) is 1.40. The van der Waals surface area contributed by atoms with E-state index in [2.05, 4.69) is 10.6 Å². The van der Waals surface area contributed by atoms with Crippen LogP contribution in [0.3, 0.4) is 0 Å². The number of hydrogen-bond acceptors (Lipinski definition) is 1. The van der Waals surface area contributed by atoms with Crippen molar-refractivity contribution in [2.75, 3.05) is 10.6 Å². The maximum atomic E-state index is 13.0. The van der Waals surface area contributed by atoms with Crippen molar-refractivity contribution in [2.24, 2.45) is 0 Å². The van der Waals surface area contributed by atoms with E-state index in [-0.39, 0.29) is 10.9 Å². The summed E-state index contributed by atoms with van der Waals surface area (Å²) < 4.78 is 38.4. The van der Waals surface area contributed by atoms with Crippen molar-refractivity contribution in [3.8, 4) is 0 Å². The molecule has 0 saturated heterocycles. The highest BCUT2D eigenvalue weighted by atomic mass is 32.1. The summed E-state index contributed by atoms with van der Waals surface area (Å²) in [4.78, 5) is 0. The largest absolute Gasteiger partial charge is 0.332 e. The lowest BCUT2D eigenvalue weighted by molar-refractivity contribution is 0.509. The predicted molar refractivity (Wildman–Crippen MR) is 72.6 cm³/mol. The van der Waals surface area contributed by atoms with E-state index in [0.717, 1.165) is 12.1 Å². The first-order valence-corrected chi connectivity index (χ1v) is 5.74. The van der Waals surface area contributed by atoms with Gasteiger partial charge in [0.05, 0.1) is 0 Å². The Morgan fingerprint density at radius 3 is 2.00 bits per heavy atom. The second kappa shape index (κ2) is 5.71. The number of benzene rings is 2. The van der Waals surface area contributed by atoms with Gasteiger partial charge in [0.15, 0.2) is 16.7 Å². The minimum Gasteiger partial charge on any atom is -0.332 e. The van der Waals surface area contributed by atoms with Gasteiger partial charge in [0, 0.05) is 17.4 Å². The molecule has 0 bridgehead atoms. The van der Waals surface area contributed by atoms with Gasteiger partial charge in [-0.1, -0.05) is 0 Å². The van der Waals surface area contributed by atoms with Crippen LogP contribution in [0.4, 0.5) is 24.5 Å². The van der Waals surface area contributed by atoms with Crippen LogP contribution in [-0.4, -0.2) is 5.11 Å². The molecule has 0 heterocycles. The van der Waals surface area contributed by atoms with E-state index in [1.807, 2.05) is 0 Å². The molecule has 2 nitrogen and oxygen atoms in total. The highest BCUT2D eigenvalue weighted by Gasteiger charge is 2.04. The molecule has 6 heteroatoms. The maximum Gasteiger partial charge on any atom is 0.175 e. The monoisotopic (exact) mass is 282 g/mol. The van der Waals surface area contributed by atoms with Gasteiger partial charge in [0.1, 0.15) is 5.82 Å². The van der Waals surface area contributed by atoms with Crippen LogP contribution in [0.2, 0.25) is 0 Å². The van der Waals surface area contributed by atoms with Gasteiger partial charge in [-0.3, -0.25) is 0 Å². The average Bonchev–Trinajstić information content (AvgIpc) is 2.37. The number of rotatable bonds is 2. The highest BCUT2D eigenvalue weighted by molar-refractivity contribution is 7.80. The molecule has 0 saturated carbocycles. The van der Waals surface area contributed by atoms with E-state index in [4.69, 9.17) is 12.2 Å². The van der Waals surface area contributed by atoms with Gasteiger partial charge in [-0.15, -0.1) is 0 Å². The number of hydrogen-bond donors (Lipinski definition) is 2. The average molecular weight is 282 g/mol. The summed E-state index contributed by atoms with van der Waals surface area (Å²) in [5.41, 5.74) is 0.903. The van der Waals surface area contributed by atoms with E-state index >= 15 is 0 Å². The summed E-state index contributed by atoms with van der Waals surface area (Å²) in [5.74, 6) is -2.25. The molecule has 0 spiro atoms. The van der Waals surface area contributed by atoms with Crippen LogP contribution < -0.4 is 10.6 Å². The van der Waals surface area contributed by atoms with Crippen molar-refractivity contribution in [3.05, 3.63) is 59.9 Å². The van der Waals surface area contributed by atoms with E-state index < -0.39 is 11.6 Å². The van der Waals surface area contributed by atoms with Crippen LogP contribution in [0.15, 0.2) is 42.5 Å². The standard InChI is InChI=1S/C13H9F3N2S/c14-8-1-3-9(4-2-8)17-13(19)18-10-5-6-11(15)12(16)7-10/h1-7H,(H2,17,18,19). The van der Waals surface area contributed by atoms with Gasteiger partial charge in [0.2, 0.25) is 0 Å². The SMILES string of the molecule is Fc1ccc(NC(=S)Nc2ccc(F)c(F)c2)cc1. The number of nitrogens with one attached hydrogen (secondary N) is 2. The minimum atomic E-state index is -0.963. The number of thiocarbonyl (C=S) groups is 1. The number of anilines is 2. The van der Waals surface area contributed by atoms with Gasteiger partial charge in [-0.25, -0.2) is 13.2 Å². The van der Waals surface area contributed by atoms with Crippen molar-refractivity contribution >= 4 is 28.7 Å². The summed E-state index contributed by atoms with van der Waals surface area (Å²) in [5, 5.41) is 5.67. The molecular formula is C13H9F3N2S. The summed E-state index contributed by atoms with van der Waals surface area (Å²) in [6, 6.07) is 8.93. The van der Waals surface area contributed by atoms with Crippen molar-refractivity contribution in [1.82, 2.24) is 0 Å². The van der Waals surface area contributed by atoms with Crippen LogP contribution in [-0.2, 0) is 0 Å². The summed E-state index contributed by atoms with van der Waals surface area (Å²) in [6.07, 6.45) is 0. The molecular weight excluding hydrogens is 273 g/mol. The molecule has 0 radical (unpaired) electrons. The van der Waals surface area contributed by atoms with Gasteiger partial charge in [-0.05, 0) is 48.6 Å².